The Labute approximate surface area is 142 Å². The number of quaternary nitrogens is 1. The fourth-order valence-corrected chi connectivity index (χ4v) is 3.40. The molecule has 2 aromatic carbocycles. The number of hydrogen-bond donors (Lipinski definition) is 2. The molecular formula is C20H24FN2O+. The third-order valence-electron chi connectivity index (χ3n) is 4.74. The number of piperidine rings is 1. The van der Waals surface area contributed by atoms with E-state index in [9.17, 15) is 9.18 Å². The number of benzene rings is 2. The lowest BCUT2D eigenvalue weighted by Gasteiger charge is -2.29. The minimum Gasteiger partial charge on any atom is -0.327 e. The van der Waals surface area contributed by atoms with Gasteiger partial charge in [-0.2, -0.15) is 0 Å². The first-order valence-electron chi connectivity index (χ1n) is 8.62. The molecule has 0 bridgehead atoms. The van der Waals surface area contributed by atoms with Crippen molar-refractivity contribution in [3.63, 3.8) is 0 Å². The molecule has 0 spiro atoms. The molecule has 3 nitrogen and oxygen atoms in total. The lowest BCUT2D eigenvalue weighted by molar-refractivity contribution is -0.898. The van der Waals surface area contributed by atoms with Crippen LogP contribution >= 0.6 is 0 Å². The Bertz CT molecular complexity index is 666. The molecule has 0 aliphatic carbocycles. The molecule has 1 saturated heterocycles. The van der Waals surface area contributed by atoms with Crippen molar-refractivity contribution in [2.24, 2.45) is 5.92 Å². The molecule has 0 saturated carbocycles. The Morgan fingerprint density at radius 2 is 1.71 bits per heavy atom. The van der Waals surface area contributed by atoms with Crippen molar-refractivity contribution in [2.45, 2.75) is 19.3 Å². The van der Waals surface area contributed by atoms with Crippen molar-refractivity contribution >= 4 is 11.6 Å². The topological polar surface area (TPSA) is 33.5 Å². The number of carbonyl (C=O) groups excluding carboxylic acids is 1. The van der Waals surface area contributed by atoms with E-state index in [1.54, 1.807) is 18.2 Å². The van der Waals surface area contributed by atoms with Gasteiger partial charge in [0.2, 0.25) is 0 Å². The first-order valence-corrected chi connectivity index (χ1v) is 8.62. The van der Waals surface area contributed by atoms with Crippen LogP contribution in [0, 0.1) is 11.7 Å². The molecule has 3 rings (SSSR count). The average molecular weight is 327 g/mol. The number of para-hydroxylation sites is 1. The van der Waals surface area contributed by atoms with Crippen LogP contribution in [0.4, 0.5) is 10.1 Å². The van der Waals surface area contributed by atoms with Gasteiger partial charge in [0.05, 0.1) is 18.8 Å². The van der Waals surface area contributed by atoms with Gasteiger partial charge in [0, 0.05) is 0 Å². The van der Waals surface area contributed by atoms with Crippen LogP contribution in [0.3, 0.4) is 0 Å². The predicted molar refractivity (Wildman–Crippen MR) is 93.5 cm³/mol. The lowest BCUT2D eigenvalue weighted by atomic mass is 9.90. The van der Waals surface area contributed by atoms with Gasteiger partial charge in [-0.1, -0.05) is 42.5 Å². The van der Waals surface area contributed by atoms with Gasteiger partial charge in [-0.3, -0.25) is 4.79 Å². The van der Waals surface area contributed by atoms with Crippen molar-refractivity contribution < 1.29 is 14.1 Å². The first kappa shape index (κ1) is 16.7. The number of amides is 1. The van der Waals surface area contributed by atoms with E-state index in [0.29, 0.717) is 12.5 Å². The summed E-state index contributed by atoms with van der Waals surface area (Å²) in [6, 6.07) is 16.9. The van der Waals surface area contributed by atoms with Gasteiger partial charge in [-0.05, 0) is 42.9 Å². The Balaban J connectivity index is 1.43. The molecule has 4 heteroatoms. The first-order chi connectivity index (χ1) is 11.7. The maximum atomic E-state index is 13.6. The highest BCUT2D eigenvalue weighted by molar-refractivity contribution is 5.91. The van der Waals surface area contributed by atoms with Gasteiger partial charge >= 0.3 is 0 Å². The van der Waals surface area contributed by atoms with Crippen molar-refractivity contribution in [1.82, 2.24) is 0 Å². The number of likely N-dealkylation sites (tertiary alicyclic amines) is 1. The van der Waals surface area contributed by atoms with E-state index < -0.39 is 0 Å². The van der Waals surface area contributed by atoms with Gasteiger partial charge in [0.15, 0.2) is 6.54 Å². The monoisotopic (exact) mass is 327 g/mol. The molecule has 24 heavy (non-hydrogen) atoms. The SMILES string of the molecule is O=C(C[NH+]1CCC(Cc2ccccc2)CC1)Nc1ccccc1F. The number of halogens is 1. The van der Waals surface area contributed by atoms with E-state index in [0.717, 1.165) is 32.4 Å². The van der Waals surface area contributed by atoms with Crippen molar-refractivity contribution in [2.75, 3.05) is 25.0 Å². The van der Waals surface area contributed by atoms with E-state index >= 15 is 0 Å². The second kappa shape index (κ2) is 8.06. The van der Waals surface area contributed by atoms with Gasteiger partial charge < -0.3 is 10.2 Å². The zero-order valence-electron chi connectivity index (χ0n) is 13.8. The van der Waals surface area contributed by atoms with Gasteiger partial charge in [0.1, 0.15) is 5.82 Å². The van der Waals surface area contributed by atoms with E-state index in [1.165, 1.54) is 16.5 Å². The quantitative estimate of drug-likeness (QED) is 0.868. The van der Waals surface area contributed by atoms with E-state index in [1.807, 2.05) is 6.07 Å². The van der Waals surface area contributed by atoms with Crippen LogP contribution in [-0.4, -0.2) is 25.5 Å². The molecule has 0 unspecified atom stereocenters. The normalized spacial score (nSPS) is 20.5. The van der Waals surface area contributed by atoms with Crippen LogP contribution in [0.15, 0.2) is 54.6 Å². The third kappa shape index (κ3) is 4.65. The molecule has 1 fully saturated rings. The molecule has 126 valence electrons. The van der Waals surface area contributed by atoms with Crippen LogP contribution < -0.4 is 10.2 Å². The molecular weight excluding hydrogens is 303 g/mol. The highest BCUT2D eigenvalue weighted by atomic mass is 19.1. The van der Waals surface area contributed by atoms with E-state index in [4.69, 9.17) is 0 Å². The van der Waals surface area contributed by atoms with Crippen LogP contribution in [0.5, 0.6) is 0 Å². The second-order valence-electron chi connectivity index (χ2n) is 6.59. The number of carbonyl (C=O) groups is 1. The number of nitrogens with one attached hydrogen (secondary N) is 2. The summed E-state index contributed by atoms with van der Waals surface area (Å²) in [5, 5.41) is 2.67. The molecule has 1 aliphatic rings. The van der Waals surface area contributed by atoms with Crippen molar-refractivity contribution in [1.29, 1.82) is 0 Å². The van der Waals surface area contributed by atoms with Crippen LogP contribution in [0.25, 0.3) is 0 Å². The molecule has 2 N–H and O–H groups in total. The van der Waals surface area contributed by atoms with Crippen molar-refractivity contribution in [3.05, 3.63) is 66.0 Å². The number of anilines is 1. The van der Waals surface area contributed by atoms with Gasteiger partial charge in [-0.15, -0.1) is 0 Å². The molecule has 0 aromatic heterocycles. The smallest absolute Gasteiger partial charge is 0.279 e. The number of rotatable bonds is 5. The standard InChI is InChI=1S/C20H23FN2O/c21-18-8-4-5-9-19(18)22-20(24)15-23-12-10-17(11-13-23)14-16-6-2-1-3-7-16/h1-9,17H,10-15H2,(H,22,24)/p+1. The predicted octanol–water partition coefficient (Wildman–Crippen LogP) is 2.30. The Kier molecular flexibility index (Phi) is 5.59. The summed E-state index contributed by atoms with van der Waals surface area (Å²) in [5.74, 6) is 0.199. The summed E-state index contributed by atoms with van der Waals surface area (Å²) in [4.78, 5) is 13.4. The van der Waals surface area contributed by atoms with Crippen LogP contribution in [0.2, 0.25) is 0 Å². The summed E-state index contributed by atoms with van der Waals surface area (Å²) >= 11 is 0. The van der Waals surface area contributed by atoms with Crippen LogP contribution in [0.1, 0.15) is 18.4 Å². The molecule has 1 amide bonds. The molecule has 2 aromatic rings. The summed E-state index contributed by atoms with van der Waals surface area (Å²) < 4.78 is 13.6. The maximum absolute atomic E-state index is 13.6. The zero-order chi connectivity index (χ0) is 16.8. The fraction of sp³-hybridized carbons (Fsp3) is 0.350. The third-order valence-corrected chi connectivity index (χ3v) is 4.74. The average Bonchev–Trinajstić information content (AvgIpc) is 2.60. The summed E-state index contributed by atoms with van der Waals surface area (Å²) in [6.07, 6.45) is 3.39. The van der Waals surface area contributed by atoms with Crippen LogP contribution in [-0.2, 0) is 11.2 Å². The minimum atomic E-state index is -0.387. The summed E-state index contributed by atoms with van der Waals surface area (Å²) in [5.41, 5.74) is 1.66. The van der Waals surface area contributed by atoms with Crippen molar-refractivity contribution in [3.8, 4) is 0 Å². The van der Waals surface area contributed by atoms with Gasteiger partial charge in [-0.25, -0.2) is 4.39 Å². The Hall–Kier alpha value is -2.20. The fourth-order valence-electron chi connectivity index (χ4n) is 3.40. The maximum Gasteiger partial charge on any atom is 0.279 e. The molecule has 1 heterocycles. The summed E-state index contributed by atoms with van der Waals surface area (Å²) in [7, 11) is 0. The Morgan fingerprint density at radius 3 is 2.42 bits per heavy atom. The van der Waals surface area contributed by atoms with E-state index in [2.05, 4.69) is 29.6 Å². The summed E-state index contributed by atoms with van der Waals surface area (Å²) in [6.45, 7) is 2.41. The zero-order valence-corrected chi connectivity index (χ0v) is 13.8. The second-order valence-corrected chi connectivity index (χ2v) is 6.59. The highest BCUT2D eigenvalue weighted by Crippen LogP contribution is 2.16. The lowest BCUT2D eigenvalue weighted by Crippen LogP contribution is -3.14. The Morgan fingerprint density at radius 1 is 1.04 bits per heavy atom. The highest BCUT2D eigenvalue weighted by Gasteiger charge is 2.24. The number of hydrogen-bond acceptors (Lipinski definition) is 1. The minimum absolute atomic E-state index is 0.114. The largest absolute Gasteiger partial charge is 0.327 e. The molecule has 1 aliphatic heterocycles. The molecule has 0 radical (unpaired) electrons. The van der Waals surface area contributed by atoms with Gasteiger partial charge in [0.25, 0.3) is 5.91 Å². The van der Waals surface area contributed by atoms with E-state index in [-0.39, 0.29) is 17.4 Å². The molecule has 0 atom stereocenters.